The molecule has 0 aliphatic carbocycles. The molecule has 27 heavy (non-hydrogen) atoms. The second kappa shape index (κ2) is 7.20. The van der Waals surface area contributed by atoms with Gasteiger partial charge in [0.2, 0.25) is 5.91 Å². The van der Waals surface area contributed by atoms with Crippen LogP contribution in [0.2, 0.25) is 0 Å². The van der Waals surface area contributed by atoms with Gasteiger partial charge in [0.05, 0.1) is 34.7 Å². The molecule has 0 bridgehead atoms. The van der Waals surface area contributed by atoms with Crippen molar-refractivity contribution in [3.05, 3.63) is 59.7 Å². The first-order valence-corrected chi connectivity index (χ1v) is 8.89. The summed E-state index contributed by atoms with van der Waals surface area (Å²) in [6, 6.07) is 11.3. The Hall–Kier alpha value is -3.20. The monoisotopic (exact) mass is 361 g/mol. The van der Waals surface area contributed by atoms with Crippen molar-refractivity contribution in [1.82, 2.24) is 19.9 Å². The third-order valence-corrected chi connectivity index (χ3v) is 4.55. The molecule has 1 unspecified atom stereocenters. The Morgan fingerprint density at radius 3 is 2.67 bits per heavy atom. The first-order valence-electron chi connectivity index (χ1n) is 8.89. The summed E-state index contributed by atoms with van der Waals surface area (Å²) in [5, 5.41) is 12.2. The average Bonchev–Trinajstić information content (AvgIpc) is 3.04. The number of aromatic nitrogens is 3. The van der Waals surface area contributed by atoms with E-state index in [0.29, 0.717) is 16.6 Å². The fraction of sp³-hybridized carbons (Fsp3) is 0.333. The van der Waals surface area contributed by atoms with Gasteiger partial charge in [-0.2, -0.15) is 5.26 Å². The zero-order chi connectivity index (χ0) is 19.6. The smallest absolute Gasteiger partial charge is 0.240 e. The lowest BCUT2D eigenvalue weighted by molar-refractivity contribution is -0.122. The third-order valence-electron chi connectivity index (χ3n) is 4.55. The molecular formula is C21H23N5O. The number of carbonyl (C=O) groups excluding carboxylic acids is 1. The maximum absolute atomic E-state index is 12.5. The van der Waals surface area contributed by atoms with Crippen LogP contribution in [0, 0.1) is 11.3 Å². The van der Waals surface area contributed by atoms with Crippen molar-refractivity contribution in [1.29, 1.82) is 5.26 Å². The Morgan fingerprint density at radius 2 is 2.04 bits per heavy atom. The first-order chi connectivity index (χ1) is 12.8. The molecule has 6 heteroatoms. The second-order valence-corrected chi connectivity index (χ2v) is 7.67. The van der Waals surface area contributed by atoms with Gasteiger partial charge in [-0.3, -0.25) is 9.78 Å². The number of hydrogen-bond donors (Lipinski definition) is 1. The van der Waals surface area contributed by atoms with Gasteiger partial charge in [-0.25, -0.2) is 4.98 Å². The molecule has 0 spiro atoms. The van der Waals surface area contributed by atoms with E-state index < -0.39 is 0 Å². The van der Waals surface area contributed by atoms with Crippen molar-refractivity contribution in [3.63, 3.8) is 0 Å². The molecule has 1 amide bonds. The molecule has 2 aromatic heterocycles. The van der Waals surface area contributed by atoms with Crippen LogP contribution in [0.15, 0.2) is 42.9 Å². The Bertz CT molecular complexity index is 1010. The number of amides is 1. The number of hydrogen-bond acceptors (Lipinski definition) is 4. The lowest BCUT2D eigenvalue weighted by Crippen LogP contribution is -2.30. The lowest BCUT2D eigenvalue weighted by Gasteiger charge is -2.20. The SMILES string of the molecule is CC(NC(=O)Cn1cnc2cccc(C#N)c21)c1ccc(C(C)(C)C)cn1. The van der Waals surface area contributed by atoms with Crippen LogP contribution >= 0.6 is 0 Å². The number of fused-ring (bicyclic) bond motifs is 1. The van der Waals surface area contributed by atoms with E-state index in [0.717, 1.165) is 11.3 Å². The van der Waals surface area contributed by atoms with Gasteiger partial charge in [0.25, 0.3) is 0 Å². The number of nitrogens with one attached hydrogen (secondary N) is 1. The summed E-state index contributed by atoms with van der Waals surface area (Å²) in [7, 11) is 0. The molecule has 3 rings (SSSR count). The summed E-state index contributed by atoms with van der Waals surface area (Å²) in [6.45, 7) is 8.42. The number of para-hydroxylation sites is 1. The second-order valence-electron chi connectivity index (χ2n) is 7.67. The Morgan fingerprint density at radius 1 is 1.26 bits per heavy atom. The van der Waals surface area contributed by atoms with E-state index in [2.05, 4.69) is 42.1 Å². The molecule has 0 saturated heterocycles. The minimum atomic E-state index is -0.211. The maximum Gasteiger partial charge on any atom is 0.240 e. The van der Waals surface area contributed by atoms with Crippen molar-refractivity contribution >= 4 is 16.9 Å². The topological polar surface area (TPSA) is 83.6 Å². The van der Waals surface area contributed by atoms with Crippen molar-refractivity contribution in [2.24, 2.45) is 0 Å². The highest BCUT2D eigenvalue weighted by molar-refractivity contribution is 5.84. The maximum atomic E-state index is 12.5. The van der Waals surface area contributed by atoms with Crippen molar-refractivity contribution in [2.45, 2.75) is 45.7 Å². The van der Waals surface area contributed by atoms with E-state index in [-0.39, 0.29) is 23.9 Å². The van der Waals surface area contributed by atoms with Crippen LogP contribution in [0.5, 0.6) is 0 Å². The van der Waals surface area contributed by atoms with Crippen LogP contribution in [-0.2, 0) is 16.8 Å². The predicted molar refractivity (Wildman–Crippen MR) is 104 cm³/mol. The van der Waals surface area contributed by atoms with Crippen molar-refractivity contribution in [3.8, 4) is 6.07 Å². The van der Waals surface area contributed by atoms with E-state index in [1.54, 1.807) is 23.0 Å². The summed E-state index contributed by atoms with van der Waals surface area (Å²) in [4.78, 5) is 21.3. The number of rotatable bonds is 4. The van der Waals surface area contributed by atoms with Gasteiger partial charge in [0.15, 0.2) is 0 Å². The highest BCUT2D eigenvalue weighted by atomic mass is 16.2. The highest BCUT2D eigenvalue weighted by Crippen LogP contribution is 2.22. The standard InChI is InChI=1S/C21H23N5O/c1-14(17-9-8-16(11-23-17)21(2,3)4)25-19(27)12-26-13-24-18-7-5-6-15(10-22)20(18)26/h5-9,11,13-14H,12H2,1-4H3,(H,25,27). The number of nitrogens with zero attached hydrogens (tertiary/aromatic N) is 4. The van der Waals surface area contributed by atoms with Crippen LogP contribution < -0.4 is 5.32 Å². The molecule has 0 radical (unpaired) electrons. The molecule has 1 N–H and O–H groups in total. The average molecular weight is 361 g/mol. The quantitative estimate of drug-likeness (QED) is 0.771. The number of imidazole rings is 1. The number of carbonyl (C=O) groups is 1. The summed E-state index contributed by atoms with van der Waals surface area (Å²) >= 11 is 0. The molecular weight excluding hydrogens is 338 g/mol. The van der Waals surface area contributed by atoms with E-state index >= 15 is 0 Å². The fourth-order valence-corrected chi connectivity index (χ4v) is 2.96. The van der Waals surface area contributed by atoms with Gasteiger partial charge in [-0.05, 0) is 36.1 Å². The van der Waals surface area contributed by atoms with Gasteiger partial charge in [0.1, 0.15) is 12.6 Å². The minimum absolute atomic E-state index is 0.0406. The first kappa shape index (κ1) is 18.6. The molecule has 6 nitrogen and oxygen atoms in total. The summed E-state index contributed by atoms with van der Waals surface area (Å²) in [6.07, 6.45) is 3.45. The zero-order valence-corrected chi connectivity index (χ0v) is 16.0. The summed E-state index contributed by atoms with van der Waals surface area (Å²) in [5.74, 6) is -0.156. The Labute approximate surface area is 158 Å². The Balaban J connectivity index is 1.72. The van der Waals surface area contributed by atoms with E-state index in [9.17, 15) is 10.1 Å². The summed E-state index contributed by atoms with van der Waals surface area (Å²) < 4.78 is 1.70. The molecule has 3 aromatic rings. The predicted octanol–water partition coefficient (Wildman–Crippen LogP) is 3.48. The van der Waals surface area contributed by atoms with Gasteiger partial charge in [-0.1, -0.05) is 32.9 Å². The Kier molecular flexibility index (Phi) is 4.95. The van der Waals surface area contributed by atoms with Gasteiger partial charge < -0.3 is 9.88 Å². The number of nitriles is 1. The third kappa shape index (κ3) is 3.98. The van der Waals surface area contributed by atoms with E-state index in [1.165, 1.54) is 0 Å². The normalized spacial score (nSPS) is 12.6. The minimum Gasteiger partial charge on any atom is -0.346 e. The highest BCUT2D eigenvalue weighted by Gasteiger charge is 2.17. The molecule has 0 fully saturated rings. The summed E-state index contributed by atoms with van der Waals surface area (Å²) in [5.41, 5.74) is 3.89. The van der Waals surface area contributed by atoms with Crippen molar-refractivity contribution in [2.75, 3.05) is 0 Å². The largest absolute Gasteiger partial charge is 0.346 e. The lowest BCUT2D eigenvalue weighted by atomic mass is 9.88. The fourth-order valence-electron chi connectivity index (χ4n) is 2.96. The van der Waals surface area contributed by atoms with Crippen LogP contribution in [0.4, 0.5) is 0 Å². The van der Waals surface area contributed by atoms with Gasteiger partial charge in [0, 0.05) is 6.20 Å². The van der Waals surface area contributed by atoms with E-state index in [1.807, 2.05) is 31.3 Å². The van der Waals surface area contributed by atoms with Crippen molar-refractivity contribution < 1.29 is 4.79 Å². The van der Waals surface area contributed by atoms with Crippen LogP contribution in [0.1, 0.15) is 50.6 Å². The number of benzene rings is 1. The van der Waals surface area contributed by atoms with Crippen LogP contribution in [0.3, 0.4) is 0 Å². The van der Waals surface area contributed by atoms with Crippen LogP contribution in [0.25, 0.3) is 11.0 Å². The molecule has 0 aliphatic heterocycles. The zero-order valence-electron chi connectivity index (χ0n) is 16.0. The molecule has 1 atom stereocenters. The van der Waals surface area contributed by atoms with E-state index in [4.69, 9.17) is 0 Å². The van der Waals surface area contributed by atoms with Gasteiger partial charge in [-0.15, -0.1) is 0 Å². The molecule has 2 heterocycles. The van der Waals surface area contributed by atoms with Gasteiger partial charge >= 0.3 is 0 Å². The molecule has 1 aromatic carbocycles. The van der Waals surface area contributed by atoms with Crippen LogP contribution in [-0.4, -0.2) is 20.4 Å². The number of pyridine rings is 1. The molecule has 138 valence electrons. The molecule has 0 saturated carbocycles. The molecule has 0 aliphatic rings.